The lowest BCUT2D eigenvalue weighted by Crippen LogP contribution is -2.16. The smallest absolute Gasteiger partial charge is 0.0737 e. The number of rotatable bonds is 3. The van der Waals surface area contributed by atoms with Crippen LogP contribution in [0.3, 0.4) is 0 Å². The molecule has 5 heterocycles. The Morgan fingerprint density at radius 2 is 0.759 bits per heavy atom. The summed E-state index contributed by atoms with van der Waals surface area (Å²) in [6.07, 6.45) is 8.67. The molecular weight excluding hydrogens is 705 g/mol. The van der Waals surface area contributed by atoms with Crippen molar-refractivity contribution in [2.45, 2.75) is 105 Å². The summed E-state index contributed by atoms with van der Waals surface area (Å²) in [4.78, 5) is 18.6. The summed E-state index contributed by atoms with van der Waals surface area (Å²) in [7, 11) is 0. The first-order valence-corrected chi connectivity index (χ1v) is 20.7. The Labute approximate surface area is 345 Å². The Bertz CT molecular complexity index is 2660. The van der Waals surface area contributed by atoms with E-state index in [0.717, 1.165) is 78.2 Å². The zero-order valence-electron chi connectivity index (χ0n) is 36.4. The molecular formula is C54H58N4. The third kappa shape index (κ3) is 7.65. The molecule has 3 aromatic carbocycles. The van der Waals surface area contributed by atoms with Crippen molar-refractivity contribution in [3.63, 3.8) is 0 Å². The van der Waals surface area contributed by atoms with Crippen molar-refractivity contribution in [3.05, 3.63) is 142 Å². The van der Waals surface area contributed by atoms with Gasteiger partial charge in [0.2, 0.25) is 0 Å². The highest BCUT2D eigenvalue weighted by molar-refractivity contribution is 5.97. The maximum absolute atomic E-state index is 5.53. The molecule has 0 atom stereocenters. The van der Waals surface area contributed by atoms with E-state index in [4.69, 9.17) is 9.97 Å². The van der Waals surface area contributed by atoms with Crippen LogP contribution in [0.1, 0.15) is 128 Å². The maximum Gasteiger partial charge on any atom is 0.0737 e. The zero-order chi connectivity index (χ0) is 41.4. The monoisotopic (exact) mass is 762 g/mol. The third-order valence-electron chi connectivity index (χ3n) is 11.5. The highest BCUT2D eigenvalue weighted by Gasteiger charge is 2.25. The van der Waals surface area contributed by atoms with Crippen molar-refractivity contribution in [2.24, 2.45) is 0 Å². The maximum atomic E-state index is 5.53. The number of benzene rings is 3. The van der Waals surface area contributed by atoms with Crippen LogP contribution >= 0.6 is 0 Å². The van der Waals surface area contributed by atoms with Gasteiger partial charge in [-0.2, -0.15) is 0 Å². The predicted molar refractivity (Wildman–Crippen MR) is 250 cm³/mol. The molecule has 2 N–H and O–H groups in total. The Kier molecular flexibility index (Phi) is 9.42. The lowest BCUT2D eigenvalue weighted by molar-refractivity contribution is 0.568. The molecule has 0 amide bonds. The normalized spacial score (nSPS) is 13.4. The standard InChI is InChI=1S/C54H58N4/c1-51(2,3)36-26-34(27-37(30-36)52(4,5)6)49-42-20-18-40(55-42)32-41-19-21-43(56-41)50(35-28-38(53(7,8)9)31-39(29-35)54(10,11)12)47-25-23-45(58-47)48(33-16-14-13-15-17-33)44-22-24-46(49)57-44/h13-32,55,58H,1-12H3. The van der Waals surface area contributed by atoms with Gasteiger partial charge in [0.25, 0.3) is 0 Å². The first-order chi connectivity index (χ1) is 27.2. The van der Waals surface area contributed by atoms with E-state index in [2.05, 4.69) is 214 Å². The molecule has 294 valence electrons. The summed E-state index contributed by atoms with van der Waals surface area (Å²) in [5, 5.41) is 0. The third-order valence-corrected chi connectivity index (χ3v) is 11.5. The van der Waals surface area contributed by atoms with Crippen LogP contribution in [0.5, 0.6) is 0 Å². The van der Waals surface area contributed by atoms with Crippen LogP contribution in [0.4, 0.5) is 0 Å². The number of hydrogen-bond donors (Lipinski definition) is 2. The van der Waals surface area contributed by atoms with Crippen LogP contribution in [-0.4, -0.2) is 19.9 Å². The fraction of sp³-hybridized carbons (Fsp3) is 0.296. The lowest BCUT2D eigenvalue weighted by Gasteiger charge is -2.26. The average molecular weight is 763 g/mol. The number of nitrogens with one attached hydrogen (secondary N) is 2. The minimum Gasteiger partial charge on any atom is -0.355 e. The van der Waals surface area contributed by atoms with E-state index >= 15 is 0 Å². The lowest BCUT2D eigenvalue weighted by atomic mass is 9.78. The number of nitrogens with zero attached hydrogens (tertiary/aromatic N) is 2. The Morgan fingerprint density at radius 3 is 1.22 bits per heavy atom. The van der Waals surface area contributed by atoms with Gasteiger partial charge in [0.05, 0.1) is 22.8 Å². The van der Waals surface area contributed by atoms with Gasteiger partial charge in [0.1, 0.15) is 0 Å². The van der Waals surface area contributed by atoms with Crippen LogP contribution in [0.25, 0.3) is 79.8 Å². The minimum absolute atomic E-state index is 0.0346. The van der Waals surface area contributed by atoms with E-state index in [1.807, 2.05) is 0 Å². The molecule has 6 aromatic rings. The summed E-state index contributed by atoms with van der Waals surface area (Å²) in [5.41, 5.74) is 19.4. The number of fused-ring (bicyclic) bond motifs is 8. The molecule has 4 nitrogen and oxygen atoms in total. The minimum atomic E-state index is -0.0346. The van der Waals surface area contributed by atoms with E-state index in [-0.39, 0.29) is 21.7 Å². The van der Waals surface area contributed by atoms with Crippen LogP contribution in [0.15, 0.2) is 97.1 Å². The molecule has 0 radical (unpaired) electrons. The van der Waals surface area contributed by atoms with E-state index in [1.54, 1.807) is 0 Å². The first-order valence-electron chi connectivity index (χ1n) is 20.7. The van der Waals surface area contributed by atoms with E-state index in [1.165, 1.54) is 22.3 Å². The number of H-pyrrole nitrogens is 2. The SMILES string of the molecule is CC(C)(C)c1cc(-c2c3nc(c(-c4ccccc4)c4ccc([nH]4)c(-c4cc(C(C)(C)C)cc(C(C)(C)C)c4)c4nc(cc5ccc2[nH]5)C=C4)C=C3)cc(C(C)(C)C)c1. The van der Waals surface area contributed by atoms with E-state index in [0.29, 0.717) is 0 Å². The molecule has 58 heavy (non-hydrogen) atoms. The fourth-order valence-electron chi connectivity index (χ4n) is 7.93. The quantitative estimate of drug-likeness (QED) is 0.188. The molecule has 0 fully saturated rings. The first kappa shape index (κ1) is 39.1. The van der Waals surface area contributed by atoms with Gasteiger partial charge in [-0.25, -0.2) is 9.97 Å². The summed E-state index contributed by atoms with van der Waals surface area (Å²) in [5.74, 6) is 0. The van der Waals surface area contributed by atoms with Crippen LogP contribution in [-0.2, 0) is 21.7 Å². The molecule has 2 aliphatic rings. The van der Waals surface area contributed by atoms with Crippen LogP contribution in [0.2, 0.25) is 0 Å². The van der Waals surface area contributed by atoms with Gasteiger partial charge in [-0.05, 0) is 115 Å². The number of aromatic nitrogens is 4. The van der Waals surface area contributed by atoms with Gasteiger partial charge in [-0.1, -0.05) is 150 Å². The second-order valence-electron chi connectivity index (χ2n) is 20.3. The molecule has 2 aliphatic heterocycles. The van der Waals surface area contributed by atoms with Gasteiger partial charge in [-0.15, -0.1) is 0 Å². The summed E-state index contributed by atoms with van der Waals surface area (Å²) < 4.78 is 0. The van der Waals surface area contributed by atoms with Gasteiger partial charge in [-0.3, -0.25) is 0 Å². The molecule has 3 aromatic heterocycles. The van der Waals surface area contributed by atoms with Gasteiger partial charge < -0.3 is 9.97 Å². The second kappa shape index (κ2) is 14.0. The molecule has 8 bridgehead atoms. The van der Waals surface area contributed by atoms with E-state index in [9.17, 15) is 0 Å². The summed E-state index contributed by atoms with van der Waals surface area (Å²) >= 11 is 0. The highest BCUT2D eigenvalue weighted by Crippen LogP contribution is 2.41. The Balaban J connectivity index is 1.51. The van der Waals surface area contributed by atoms with Gasteiger partial charge >= 0.3 is 0 Å². The summed E-state index contributed by atoms with van der Waals surface area (Å²) in [6, 6.07) is 35.8. The zero-order valence-corrected chi connectivity index (χ0v) is 36.4. The van der Waals surface area contributed by atoms with Crippen molar-refractivity contribution in [1.29, 1.82) is 0 Å². The molecule has 0 spiro atoms. The second-order valence-corrected chi connectivity index (χ2v) is 20.3. The van der Waals surface area contributed by atoms with Gasteiger partial charge in [0.15, 0.2) is 0 Å². The summed E-state index contributed by atoms with van der Waals surface area (Å²) in [6.45, 7) is 27.5. The average Bonchev–Trinajstić information content (AvgIpc) is 3.98. The van der Waals surface area contributed by atoms with Crippen LogP contribution in [0, 0.1) is 0 Å². The van der Waals surface area contributed by atoms with Crippen molar-refractivity contribution in [3.8, 4) is 33.4 Å². The number of hydrogen-bond acceptors (Lipinski definition) is 2. The van der Waals surface area contributed by atoms with Crippen molar-refractivity contribution in [1.82, 2.24) is 19.9 Å². The predicted octanol–water partition coefficient (Wildman–Crippen LogP) is 14.8. The molecule has 4 heteroatoms. The molecule has 8 rings (SSSR count). The Hall–Kier alpha value is -5.74. The van der Waals surface area contributed by atoms with E-state index < -0.39 is 0 Å². The molecule has 0 saturated carbocycles. The molecule has 0 saturated heterocycles. The van der Waals surface area contributed by atoms with Crippen molar-refractivity contribution < 1.29 is 0 Å². The number of aromatic amines is 2. The highest BCUT2D eigenvalue weighted by atomic mass is 14.8. The molecule has 0 aliphatic carbocycles. The Morgan fingerprint density at radius 1 is 0.362 bits per heavy atom. The largest absolute Gasteiger partial charge is 0.355 e. The van der Waals surface area contributed by atoms with Gasteiger partial charge in [0, 0.05) is 38.8 Å². The molecule has 0 unspecified atom stereocenters. The van der Waals surface area contributed by atoms with Crippen molar-refractivity contribution in [2.75, 3.05) is 0 Å². The topological polar surface area (TPSA) is 57.4 Å². The van der Waals surface area contributed by atoms with Crippen LogP contribution < -0.4 is 0 Å². The fourth-order valence-corrected chi connectivity index (χ4v) is 7.93. The van der Waals surface area contributed by atoms with Crippen molar-refractivity contribution >= 4 is 46.4 Å².